The Morgan fingerprint density at radius 1 is 1.47 bits per heavy atom. The highest BCUT2D eigenvalue weighted by Crippen LogP contribution is 2.35. The maximum Gasteiger partial charge on any atom is 0.0913 e. The van der Waals surface area contributed by atoms with Gasteiger partial charge in [0.25, 0.3) is 0 Å². The van der Waals surface area contributed by atoms with Crippen LogP contribution in [0.2, 0.25) is 5.02 Å². The number of fused-ring (bicyclic) bond motifs is 2. The summed E-state index contributed by atoms with van der Waals surface area (Å²) in [6, 6.07) is 4.08. The molecule has 0 fully saturated rings. The van der Waals surface area contributed by atoms with Crippen molar-refractivity contribution in [3.8, 4) is 0 Å². The predicted molar refractivity (Wildman–Crippen MR) is 87.0 cm³/mol. The quantitative estimate of drug-likeness (QED) is 0.790. The van der Waals surface area contributed by atoms with Gasteiger partial charge in [0.2, 0.25) is 0 Å². The average molecular weight is 389 g/mol. The zero-order valence-corrected chi connectivity index (χ0v) is 13.5. The van der Waals surface area contributed by atoms with Crippen molar-refractivity contribution in [3.05, 3.63) is 32.0 Å². The maximum absolute atomic E-state index is 6.35. The lowest BCUT2D eigenvalue weighted by molar-refractivity contribution is 0.110. The van der Waals surface area contributed by atoms with Crippen LogP contribution >= 0.6 is 34.2 Å². The fraction of sp³-hybridized carbons (Fsp3) is 0.357. The SMILES string of the molecule is CCNc1c2c(nc3c(Cl)cc(I)cc13)CCOC2. The van der Waals surface area contributed by atoms with E-state index in [1.54, 1.807) is 0 Å². The van der Waals surface area contributed by atoms with Gasteiger partial charge in [-0.05, 0) is 41.6 Å². The zero-order valence-electron chi connectivity index (χ0n) is 10.6. The van der Waals surface area contributed by atoms with Crippen LogP contribution in [-0.2, 0) is 17.8 Å². The van der Waals surface area contributed by atoms with Gasteiger partial charge in [-0.2, -0.15) is 0 Å². The Hall–Kier alpha value is -0.590. The molecule has 0 spiro atoms. The summed E-state index contributed by atoms with van der Waals surface area (Å²) in [4.78, 5) is 4.74. The summed E-state index contributed by atoms with van der Waals surface area (Å²) < 4.78 is 6.70. The molecule has 0 unspecified atom stereocenters. The lowest BCUT2D eigenvalue weighted by Gasteiger charge is -2.22. The number of pyridine rings is 1. The number of rotatable bonds is 2. The van der Waals surface area contributed by atoms with E-state index in [1.165, 1.54) is 5.56 Å². The minimum Gasteiger partial charge on any atom is -0.384 e. The molecule has 1 aromatic heterocycles. The van der Waals surface area contributed by atoms with E-state index in [9.17, 15) is 0 Å². The first-order chi connectivity index (χ1) is 9.20. The molecule has 0 saturated carbocycles. The van der Waals surface area contributed by atoms with Gasteiger partial charge in [-0.1, -0.05) is 11.6 Å². The van der Waals surface area contributed by atoms with Crippen LogP contribution in [0.4, 0.5) is 5.69 Å². The zero-order chi connectivity index (χ0) is 13.4. The van der Waals surface area contributed by atoms with Crippen LogP contribution in [-0.4, -0.2) is 18.1 Å². The van der Waals surface area contributed by atoms with Gasteiger partial charge < -0.3 is 10.1 Å². The van der Waals surface area contributed by atoms with E-state index in [1.807, 2.05) is 6.07 Å². The number of ether oxygens (including phenoxy) is 1. The molecule has 2 aromatic rings. The number of anilines is 1. The molecule has 5 heteroatoms. The Morgan fingerprint density at radius 2 is 2.32 bits per heavy atom. The van der Waals surface area contributed by atoms with E-state index in [4.69, 9.17) is 21.3 Å². The van der Waals surface area contributed by atoms with Crippen LogP contribution in [0, 0.1) is 3.57 Å². The normalized spacial score (nSPS) is 14.5. The van der Waals surface area contributed by atoms with E-state index < -0.39 is 0 Å². The Morgan fingerprint density at radius 3 is 3.11 bits per heavy atom. The molecule has 2 heterocycles. The second-order valence-corrected chi connectivity index (χ2v) is 6.18. The highest BCUT2D eigenvalue weighted by molar-refractivity contribution is 14.1. The summed E-state index contributed by atoms with van der Waals surface area (Å²) in [6.45, 7) is 4.33. The van der Waals surface area contributed by atoms with Crippen LogP contribution in [0.25, 0.3) is 10.9 Å². The standard InChI is InChI=1S/C14H14ClIN2O/c1-2-17-13-9-5-8(16)6-11(15)14(9)18-12-3-4-19-7-10(12)13/h5-6H,2-4,7H2,1H3,(H,17,18). The van der Waals surface area contributed by atoms with Gasteiger partial charge in [0.05, 0.1) is 35.1 Å². The fourth-order valence-corrected chi connectivity index (χ4v) is 3.53. The minimum atomic E-state index is 0.629. The lowest BCUT2D eigenvalue weighted by Crippen LogP contribution is -2.15. The molecule has 0 radical (unpaired) electrons. The van der Waals surface area contributed by atoms with E-state index in [-0.39, 0.29) is 0 Å². The monoisotopic (exact) mass is 388 g/mol. The van der Waals surface area contributed by atoms with E-state index in [2.05, 4.69) is 40.9 Å². The third-order valence-corrected chi connectivity index (χ3v) is 4.19. The molecule has 3 rings (SSSR count). The van der Waals surface area contributed by atoms with Crippen LogP contribution in [0.5, 0.6) is 0 Å². The predicted octanol–water partition coefficient (Wildman–Crippen LogP) is 4.00. The van der Waals surface area contributed by atoms with Gasteiger partial charge in [0, 0.05) is 27.5 Å². The fourth-order valence-electron chi connectivity index (χ4n) is 2.46. The number of aromatic nitrogens is 1. The van der Waals surface area contributed by atoms with Gasteiger partial charge in [0.1, 0.15) is 0 Å². The molecular weight excluding hydrogens is 375 g/mol. The molecule has 1 aliphatic heterocycles. The molecule has 0 bridgehead atoms. The number of benzene rings is 1. The number of nitrogens with zero attached hydrogens (tertiary/aromatic N) is 1. The van der Waals surface area contributed by atoms with Gasteiger partial charge in [-0.3, -0.25) is 4.98 Å². The average Bonchev–Trinajstić information content (AvgIpc) is 2.40. The molecule has 0 atom stereocenters. The molecule has 3 nitrogen and oxygen atoms in total. The van der Waals surface area contributed by atoms with Crippen molar-refractivity contribution in [2.75, 3.05) is 18.5 Å². The van der Waals surface area contributed by atoms with Crippen molar-refractivity contribution in [1.82, 2.24) is 4.98 Å². The first kappa shape index (κ1) is 13.4. The first-order valence-corrected chi connectivity index (χ1v) is 7.78. The molecule has 0 amide bonds. The third kappa shape index (κ3) is 2.41. The summed E-state index contributed by atoms with van der Waals surface area (Å²) in [5.74, 6) is 0. The number of halogens is 2. The van der Waals surface area contributed by atoms with E-state index in [0.717, 1.165) is 50.4 Å². The van der Waals surface area contributed by atoms with Crippen LogP contribution in [0.1, 0.15) is 18.2 Å². The van der Waals surface area contributed by atoms with Gasteiger partial charge in [-0.25, -0.2) is 0 Å². The second kappa shape index (κ2) is 5.42. The van der Waals surface area contributed by atoms with Crippen molar-refractivity contribution >= 4 is 50.8 Å². The summed E-state index contributed by atoms with van der Waals surface area (Å²) in [7, 11) is 0. The third-order valence-electron chi connectivity index (χ3n) is 3.28. The van der Waals surface area contributed by atoms with Crippen LogP contribution in [0.15, 0.2) is 12.1 Å². The number of nitrogens with one attached hydrogen (secondary N) is 1. The molecule has 19 heavy (non-hydrogen) atoms. The molecule has 1 aromatic carbocycles. The molecule has 0 saturated heterocycles. The molecule has 0 aliphatic carbocycles. The maximum atomic E-state index is 6.35. The first-order valence-electron chi connectivity index (χ1n) is 6.32. The van der Waals surface area contributed by atoms with Gasteiger partial charge >= 0.3 is 0 Å². The number of hydrogen-bond acceptors (Lipinski definition) is 3. The molecule has 100 valence electrons. The Balaban J connectivity index is 2.35. The largest absolute Gasteiger partial charge is 0.384 e. The van der Waals surface area contributed by atoms with Crippen molar-refractivity contribution in [1.29, 1.82) is 0 Å². The van der Waals surface area contributed by atoms with Crippen molar-refractivity contribution < 1.29 is 4.74 Å². The smallest absolute Gasteiger partial charge is 0.0913 e. The van der Waals surface area contributed by atoms with Crippen molar-refractivity contribution in [2.24, 2.45) is 0 Å². The summed E-state index contributed by atoms with van der Waals surface area (Å²) in [5, 5.41) is 5.26. The van der Waals surface area contributed by atoms with Crippen LogP contribution in [0.3, 0.4) is 0 Å². The van der Waals surface area contributed by atoms with Crippen molar-refractivity contribution in [3.63, 3.8) is 0 Å². The summed E-state index contributed by atoms with van der Waals surface area (Å²) in [5.41, 5.74) is 4.30. The summed E-state index contributed by atoms with van der Waals surface area (Å²) >= 11 is 8.63. The number of hydrogen-bond donors (Lipinski definition) is 1. The molecule has 1 aliphatic rings. The molecule has 1 N–H and O–H groups in total. The Labute approximate surface area is 130 Å². The van der Waals surface area contributed by atoms with Gasteiger partial charge in [-0.15, -0.1) is 0 Å². The highest BCUT2D eigenvalue weighted by Gasteiger charge is 2.19. The minimum absolute atomic E-state index is 0.629. The Kier molecular flexibility index (Phi) is 3.82. The van der Waals surface area contributed by atoms with Crippen molar-refractivity contribution in [2.45, 2.75) is 20.0 Å². The van der Waals surface area contributed by atoms with Crippen LogP contribution < -0.4 is 5.32 Å². The van der Waals surface area contributed by atoms with Gasteiger partial charge in [0.15, 0.2) is 0 Å². The van der Waals surface area contributed by atoms with E-state index >= 15 is 0 Å². The summed E-state index contributed by atoms with van der Waals surface area (Å²) in [6.07, 6.45) is 0.853. The lowest BCUT2D eigenvalue weighted by atomic mass is 10.0. The van der Waals surface area contributed by atoms with E-state index in [0.29, 0.717) is 6.61 Å². The second-order valence-electron chi connectivity index (χ2n) is 4.53. The Bertz CT molecular complexity index is 645. The topological polar surface area (TPSA) is 34.2 Å². The highest BCUT2D eigenvalue weighted by atomic mass is 127. The molecular formula is C14H14ClIN2O.